The summed E-state index contributed by atoms with van der Waals surface area (Å²) in [6.45, 7) is 4.10. The van der Waals surface area contributed by atoms with E-state index in [1.54, 1.807) is 4.90 Å². The Balaban J connectivity index is 1.30. The second-order valence-electron chi connectivity index (χ2n) is 7.52. The maximum absolute atomic E-state index is 12.7. The zero-order chi connectivity index (χ0) is 18.8. The highest BCUT2D eigenvalue weighted by Crippen LogP contribution is 2.29. The Kier molecular flexibility index (Phi) is 4.92. The lowest BCUT2D eigenvalue weighted by Crippen LogP contribution is -2.44. The van der Waals surface area contributed by atoms with Crippen LogP contribution in [0.25, 0.3) is 0 Å². The van der Waals surface area contributed by atoms with Crippen LogP contribution in [-0.2, 0) is 9.59 Å². The molecule has 1 unspecified atom stereocenters. The van der Waals surface area contributed by atoms with Gasteiger partial charge in [0, 0.05) is 37.9 Å². The average molecular weight is 367 g/mol. The molecule has 0 radical (unpaired) electrons. The first kappa shape index (κ1) is 17.7. The van der Waals surface area contributed by atoms with Gasteiger partial charge >= 0.3 is 0 Å². The molecule has 0 bridgehead atoms. The molecule has 1 aromatic heterocycles. The van der Waals surface area contributed by atoms with E-state index in [0.29, 0.717) is 32.0 Å². The summed E-state index contributed by atoms with van der Waals surface area (Å²) >= 11 is 0. The smallest absolute Gasteiger partial charge is 0.242 e. The van der Waals surface area contributed by atoms with E-state index in [-0.39, 0.29) is 24.3 Å². The van der Waals surface area contributed by atoms with Crippen LogP contribution in [0.2, 0.25) is 0 Å². The summed E-state index contributed by atoms with van der Waals surface area (Å²) in [7, 11) is 0. The molecular weight excluding hydrogens is 342 g/mol. The number of rotatable bonds is 4. The van der Waals surface area contributed by atoms with Gasteiger partial charge < -0.3 is 9.80 Å². The van der Waals surface area contributed by atoms with Gasteiger partial charge in [-0.2, -0.15) is 5.10 Å². The molecule has 1 aromatic carbocycles. The number of H-pyrrole nitrogens is 1. The maximum Gasteiger partial charge on any atom is 0.242 e. The molecule has 1 N–H and O–H groups in total. The summed E-state index contributed by atoms with van der Waals surface area (Å²) in [5.41, 5.74) is 1.17. The highest BCUT2D eigenvalue weighted by atomic mass is 16.2. The van der Waals surface area contributed by atoms with Crippen LogP contribution in [-0.4, -0.2) is 63.0 Å². The Labute approximate surface area is 158 Å². The molecule has 4 rings (SSSR count). The quantitative estimate of drug-likeness (QED) is 0.894. The van der Waals surface area contributed by atoms with Crippen molar-refractivity contribution in [1.29, 1.82) is 0 Å². The number of amides is 2. The van der Waals surface area contributed by atoms with E-state index in [4.69, 9.17) is 0 Å². The number of aryl methyl sites for hydroxylation is 1. The predicted molar refractivity (Wildman–Crippen MR) is 100 cm³/mol. The second kappa shape index (κ2) is 7.50. The van der Waals surface area contributed by atoms with Crippen molar-refractivity contribution in [2.75, 3.05) is 26.2 Å². The van der Waals surface area contributed by atoms with Crippen molar-refractivity contribution in [3.05, 3.63) is 47.5 Å². The third-order valence-corrected chi connectivity index (χ3v) is 5.64. The zero-order valence-corrected chi connectivity index (χ0v) is 15.6. The second-order valence-corrected chi connectivity index (χ2v) is 7.52. The first-order valence-electron chi connectivity index (χ1n) is 9.59. The Bertz CT molecular complexity index is 811. The first-order valence-corrected chi connectivity index (χ1v) is 9.59. The number of likely N-dealkylation sites (tertiary alicyclic amines) is 2. The van der Waals surface area contributed by atoms with Crippen molar-refractivity contribution < 1.29 is 9.59 Å². The Morgan fingerprint density at radius 3 is 2.59 bits per heavy atom. The maximum atomic E-state index is 12.7. The number of aromatic nitrogens is 3. The Hall–Kier alpha value is -2.70. The molecule has 142 valence electrons. The predicted octanol–water partition coefficient (Wildman–Crippen LogP) is 1.84. The molecule has 1 atom stereocenters. The highest BCUT2D eigenvalue weighted by Gasteiger charge is 2.33. The molecule has 7 nitrogen and oxygen atoms in total. The molecule has 2 aliphatic rings. The van der Waals surface area contributed by atoms with E-state index in [9.17, 15) is 9.59 Å². The van der Waals surface area contributed by atoms with Gasteiger partial charge in [-0.05, 0) is 25.3 Å². The van der Waals surface area contributed by atoms with Crippen LogP contribution in [0.15, 0.2) is 30.3 Å². The van der Waals surface area contributed by atoms with E-state index in [0.717, 1.165) is 24.5 Å². The molecule has 2 amide bonds. The van der Waals surface area contributed by atoms with Crippen LogP contribution in [0.1, 0.15) is 48.3 Å². The van der Waals surface area contributed by atoms with Gasteiger partial charge in [-0.1, -0.05) is 30.3 Å². The van der Waals surface area contributed by atoms with Gasteiger partial charge in [-0.3, -0.25) is 14.7 Å². The largest absolute Gasteiger partial charge is 0.341 e. The summed E-state index contributed by atoms with van der Waals surface area (Å²) in [6, 6.07) is 10.1. The minimum absolute atomic E-state index is 0.0432. The van der Waals surface area contributed by atoms with Crippen LogP contribution in [0.5, 0.6) is 0 Å². The number of aromatic amines is 1. The van der Waals surface area contributed by atoms with Gasteiger partial charge in [-0.15, -0.1) is 0 Å². The molecule has 2 aliphatic heterocycles. The molecule has 0 spiro atoms. The van der Waals surface area contributed by atoms with Crippen LogP contribution < -0.4 is 0 Å². The fourth-order valence-corrected chi connectivity index (χ4v) is 4.07. The van der Waals surface area contributed by atoms with E-state index in [2.05, 4.69) is 27.3 Å². The third-order valence-electron chi connectivity index (χ3n) is 5.64. The lowest BCUT2D eigenvalue weighted by atomic mass is 9.96. The van der Waals surface area contributed by atoms with Crippen molar-refractivity contribution in [3.8, 4) is 0 Å². The minimum atomic E-state index is 0.0432. The van der Waals surface area contributed by atoms with Crippen molar-refractivity contribution in [2.45, 2.75) is 38.0 Å². The molecule has 2 saturated heterocycles. The standard InChI is InChI=1S/C20H25N5O2/c1-14-21-20(23-22-14)16-7-9-24(10-8-16)19(27)13-25-12-17(11-18(25)26)15-5-3-2-4-6-15/h2-6,16-17H,7-13H2,1H3,(H,21,22,23). The summed E-state index contributed by atoms with van der Waals surface area (Å²) in [5, 5.41) is 7.13. The highest BCUT2D eigenvalue weighted by molar-refractivity contribution is 5.86. The number of hydrogen-bond donors (Lipinski definition) is 1. The van der Waals surface area contributed by atoms with E-state index in [1.807, 2.05) is 30.0 Å². The Morgan fingerprint density at radius 2 is 1.93 bits per heavy atom. The van der Waals surface area contributed by atoms with E-state index < -0.39 is 0 Å². The van der Waals surface area contributed by atoms with Crippen LogP contribution in [0.3, 0.4) is 0 Å². The number of piperidine rings is 1. The Morgan fingerprint density at radius 1 is 1.19 bits per heavy atom. The summed E-state index contributed by atoms with van der Waals surface area (Å²) < 4.78 is 0. The number of benzene rings is 1. The van der Waals surface area contributed by atoms with Crippen molar-refractivity contribution >= 4 is 11.8 Å². The number of nitrogens with zero attached hydrogens (tertiary/aromatic N) is 4. The van der Waals surface area contributed by atoms with Crippen LogP contribution in [0, 0.1) is 6.92 Å². The molecule has 0 aliphatic carbocycles. The normalized spacial score (nSPS) is 21.1. The molecule has 27 heavy (non-hydrogen) atoms. The van der Waals surface area contributed by atoms with Crippen LogP contribution in [0.4, 0.5) is 0 Å². The average Bonchev–Trinajstić information content (AvgIpc) is 3.29. The van der Waals surface area contributed by atoms with Crippen molar-refractivity contribution in [1.82, 2.24) is 25.0 Å². The lowest BCUT2D eigenvalue weighted by Gasteiger charge is -2.32. The third kappa shape index (κ3) is 3.86. The zero-order valence-electron chi connectivity index (χ0n) is 15.6. The summed E-state index contributed by atoms with van der Waals surface area (Å²) in [4.78, 5) is 33.0. The number of hydrogen-bond acceptors (Lipinski definition) is 4. The number of nitrogens with one attached hydrogen (secondary N) is 1. The van der Waals surface area contributed by atoms with Gasteiger partial charge in [0.15, 0.2) is 5.82 Å². The van der Waals surface area contributed by atoms with E-state index in [1.165, 1.54) is 5.56 Å². The number of carbonyl (C=O) groups is 2. The molecule has 0 saturated carbocycles. The SMILES string of the molecule is Cc1nc(C2CCN(C(=O)CN3CC(c4ccccc4)CC3=O)CC2)n[nH]1. The van der Waals surface area contributed by atoms with Gasteiger partial charge in [0.1, 0.15) is 5.82 Å². The fraction of sp³-hybridized carbons (Fsp3) is 0.500. The fourth-order valence-electron chi connectivity index (χ4n) is 4.07. The van der Waals surface area contributed by atoms with E-state index >= 15 is 0 Å². The van der Waals surface area contributed by atoms with Gasteiger partial charge in [0.05, 0.1) is 6.54 Å². The minimum Gasteiger partial charge on any atom is -0.341 e. The number of carbonyl (C=O) groups excluding carboxylic acids is 2. The molecule has 2 fully saturated rings. The van der Waals surface area contributed by atoms with Gasteiger partial charge in [0.2, 0.25) is 11.8 Å². The van der Waals surface area contributed by atoms with Gasteiger partial charge in [0.25, 0.3) is 0 Å². The van der Waals surface area contributed by atoms with Gasteiger partial charge in [-0.25, -0.2) is 4.98 Å². The van der Waals surface area contributed by atoms with Crippen molar-refractivity contribution in [3.63, 3.8) is 0 Å². The first-order chi connectivity index (χ1) is 13.1. The summed E-state index contributed by atoms with van der Waals surface area (Å²) in [5.74, 6) is 2.27. The monoisotopic (exact) mass is 367 g/mol. The van der Waals surface area contributed by atoms with Crippen molar-refractivity contribution in [2.24, 2.45) is 0 Å². The molecule has 3 heterocycles. The molecule has 2 aromatic rings. The summed E-state index contributed by atoms with van der Waals surface area (Å²) in [6.07, 6.45) is 2.22. The molecular formula is C20H25N5O2. The topological polar surface area (TPSA) is 82.2 Å². The lowest BCUT2D eigenvalue weighted by molar-refractivity contribution is -0.139. The van der Waals surface area contributed by atoms with Crippen LogP contribution >= 0.6 is 0 Å². The molecule has 7 heteroatoms.